The van der Waals surface area contributed by atoms with E-state index in [2.05, 4.69) is 26.2 Å². The fraction of sp³-hybridized carbons (Fsp3) is 0.304. The van der Waals surface area contributed by atoms with Gasteiger partial charge < -0.3 is 15.0 Å². The van der Waals surface area contributed by atoms with E-state index in [4.69, 9.17) is 4.74 Å². The third-order valence-electron chi connectivity index (χ3n) is 5.36. The Hall–Kier alpha value is -3.12. The maximum atomic E-state index is 12.5. The third-order valence-corrected chi connectivity index (χ3v) is 5.36. The first-order valence-electron chi connectivity index (χ1n) is 9.98. The SMILES string of the molecule is COc1ccccc1N1CCN(CCC(=O)Nc2cccc3cccnc23)CC1. The summed E-state index contributed by atoms with van der Waals surface area (Å²) in [6.07, 6.45) is 2.22. The monoisotopic (exact) mass is 390 g/mol. The molecule has 1 aliphatic rings. The second-order valence-corrected chi connectivity index (χ2v) is 7.18. The molecule has 4 rings (SSSR count). The fourth-order valence-electron chi connectivity index (χ4n) is 3.78. The molecule has 0 spiro atoms. The van der Waals surface area contributed by atoms with Gasteiger partial charge in [0.2, 0.25) is 5.91 Å². The van der Waals surface area contributed by atoms with Crippen LogP contribution in [0.4, 0.5) is 11.4 Å². The highest BCUT2D eigenvalue weighted by molar-refractivity contribution is 6.00. The molecule has 6 heteroatoms. The molecule has 0 unspecified atom stereocenters. The van der Waals surface area contributed by atoms with E-state index < -0.39 is 0 Å². The molecule has 0 bridgehead atoms. The number of methoxy groups -OCH3 is 1. The van der Waals surface area contributed by atoms with Crippen LogP contribution in [0.3, 0.4) is 0 Å². The first-order valence-corrected chi connectivity index (χ1v) is 9.98. The van der Waals surface area contributed by atoms with Gasteiger partial charge in [-0.15, -0.1) is 0 Å². The van der Waals surface area contributed by atoms with Crippen LogP contribution in [-0.4, -0.2) is 55.6 Å². The lowest BCUT2D eigenvalue weighted by Crippen LogP contribution is -2.47. The zero-order valence-corrected chi connectivity index (χ0v) is 16.7. The predicted molar refractivity (Wildman–Crippen MR) is 117 cm³/mol. The number of hydrogen-bond acceptors (Lipinski definition) is 5. The summed E-state index contributed by atoms with van der Waals surface area (Å²) in [5, 5.41) is 4.04. The molecule has 3 aromatic rings. The number of nitrogens with one attached hydrogen (secondary N) is 1. The third kappa shape index (κ3) is 4.49. The molecule has 29 heavy (non-hydrogen) atoms. The van der Waals surface area contributed by atoms with E-state index in [-0.39, 0.29) is 5.91 Å². The topological polar surface area (TPSA) is 57.7 Å². The number of aromatic nitrogens is 1. The van der Waals surface area contributed by atoms with Crippen LogP contribution in [0.15, 0.2) is 60.8 Å². The molecular weight excluding hydrogens is 364 g/mol. The molecular formula is C23H26N4O2. The highest BCUT2D eigenvalue weighted by Gasteiger charge is 2.20. The number of benzene rings is 2. The molecule has 1 aliphatic heterocycles. The van der Waals surface area contributed by atoms with E-state index in [9.17, 15) is 4.79 Å². The number of nitrogens with zero attached hydrogens (tertiary/aromatic N) is 3. The Morgan fingerprint density at radius 2 is 1.83 bits per heavy atom. The van der Waals surface area contributed by atoms with Crippen LogP contribution in [0.1, 0.15) is 6.42 Å². The van der Waals surface area contributed by atoms with Gasteiger partial charge in [-0.05, 0) is 24.3 Å². The number of rotatable bonds is 6. The molecule has 0 atom stereocenters. The van der Waals surface area contributed by atoms with Gasteiger partial charge in [0.15, 0.2) is 0 Å². The summed E-state index contributed by atoms with van der Waals surface area (Å²) in [5.74, 6) is 0.930. The van der Waals surface area contributed by atoms with Crippen molar-refractivity contribution in [3.8, 4) is 5.75 Å². The van der Waals surface area contributed by atoms with Crippen LogP contribution in [0.2, 0.25) is 0 Å². The summed E-state index contributed by atoms with van der Waals surface area (Å²) < 4.78 is 5.48. The van der Waals surface area contributed by atoms with Gasteiger partial charge in [0, 0.05) is 50.7 Å². The smallest absolute Gasteiger partial charge is 0.225 e. The molecule has 2 heterocycles. The minimum Gasteiger partial charge on any atom is -0.495 e. The molecule has 1 fully saturated rings. The fourth-order valence-corrected chi connectivity index (χ4v) is 3.78. The van der Waals surface area contributed by atoms with E-state index in [1.807, 2.05) is 48.5 Å². The van der Waals surface area contributed by atoms with Crippen molar-refractivity contribution < 1.29 is 9.53 Å². The molecule has 0 aliphatic carbocycles. The lowest BCUT2D eigenvalue weighted by atomic mass is 10.2. The second kappa shape index (κ2) is 8.92. The minimum absolute atomic E-state index is 0.0234. The maximum Gasteiger partial charge on any atom is 0.225 e. The first kappa shape index (κ1) is 19.2. The summed E-state index contributed by atoms with van der Waals surface area (Å²) in [6.45, 7) is 4.47. The van der Waals surface area contributed by atoms with E-state index in [0.717, 1.165) is 60.8 Å². The van der Waals surface area contributed by atoms with E-state index >= 15 is 0 Å². The number of anilines is 2. The van der Waals surface area contributed by atoms with Crippen molar-refractivity contribution in [1.82, 2.24) is 9.88 Å². The molecule has 1 N–H and O–H groups in total. The van der Waals surface area contributed by atoms with Gasteiger partial charge in [0.25, 0.3) is 0 Å². The average Bonchev–Trinajstić information content (AvgIpc) is 2.78. The molecule has 1 saturated heterocycles. The van der Waals surface area contributed by atoms with Crippen LogP contribution in [0.25, 0.3) is 10.9 Å². The number of fused-ring (bicyclic) bond motifs is 1. The number of pyridine rings is 1. The van der Waals surface area contributed by atoms with Crippen LogP contribution < -0.4 is 15.0 Å². The Kier molecular flexibility index (Phi) is 5.91. The normalized spacial score (nSPS) is 14.7. The van der Waals surface area contributed by atoms with Gasteiger partial charge in [0.05, 0.1) is 24.0 Å². The summed E-state index contributed by atoms with van der Waals surface area (Å²) in [4.78, 5) is 21.6. The van der Waals surface area contributed by atoms with Crippen molar-refractivity contribution in [3.63, 3.8) is 0 Å². The number of ether oxygens (including phenoxy) is 1. The quantitative estimate of drug-likeness (QED) is 0.699. The Balaban J connectivity index is 1.28. The second-order valence-electron chi connectivity index (χ2n) is 7.18. The Labute approximate surface area is 171 Å². The number of amides is 1. The molecule has 6 nitrogen and oxygen atoms in total. The van der Waals surface area contributed by atoms with Gasteiger partial charge in [-0.1, -0.05) is 30.3 Å². The van der Waals surface area contributed by atoms with Gasteiger partial charge >= 0.3 is 0 Å². The maximum absolute atomic E-state index is 12.5. The number of para-hydroxylation sites is 3. The lowest BCUT2D eigenvalue weighted by molar-refractivity contribution is -0.116. The van der Waals surface area contributed by atoms with Crippen molar-refractivity contribution >= 4 is 28.2 Å². The molecule has 2 aromatic carbocycles. The van der Waals surface area contributed by atoms with E-state index in [1.165, 1.54) is 0 Å². The summed E-state index contributed by atoms with van der Waals surface area (Å²) in [6, 6.07) is 17.9. The Morgan fingerprint density at radius 3 is 2.66 bits per heavy atom. The largest absolute Gasteiger partial charge is 0.495 e. The van der Waals surface area contributed by atoms with Crippen LogP contribution in [0.5, 0.6) is 5.75 Å². The number of carbonyl (C=O) groups is 1. The summed E-state index contributed by atoms with van der Waals surface area (Å²) in [5.41, 5.74) is 2.73. The van der Waals surface area contributed by atoms with Gasteiger partial charge in [0.1, 0.15) is 5.75 Å². The predicted octanol–water partition coefficient (Wildman–Crippen LogP) is 3.39. The van der Waals surface area contributed by atoms with Gasteiger partial charge in [-0.2, -0.15) is 0 Å². The summed E-state index contributed by atoms with van der Waals surface area (Å²) >= 11 is 0. The van der Waals surface area contributed by atoms with Crippen molar-refractivity contribution in [2.24, 2.45) is 0 Å². The van der Waals surface area contributed by atoms with Crippen molar-refractivity contribution in [2.75, 3.05) is 50.1 Å². The zero-order valence-electron chi connectivity index (χ0n) is 16.7. The van der Waals surface area contributed by atoms with Crippen LogP contribution in [0, 0.1) is 0 Å². The molecule has 150 valence electrons. The highest BCUT2D eigenvalue weighted by atomic mass is 16.5. The number of hydrogen-bond donors (Lipinski definition) is 1. The minimum atomic E-state index is 0.0234. The Bertz CT molecular complexity index is 978. The standard InChI is InChI=1S/C23H26N4O2/c1-29-21-10-3-2-9-20(21)27-16-14-26(15-17-27)13-11-22(28)25-19-8-4-6-18-7-5-12-24-23(18)19/h2-10,12H,11,13-17H2,1H3,(H,25,28). The summed E-state index contributed by atoms with van der Waals surface area (Å²) in [7, 11) is 1.71. The van der Waals surface area contributed by atoms with Crippen LogP contribution in [-0.2, 0) is 4.79 Å². The van der Waals surface area contributed by atoms with E-state index in [0.29, 0.717) is 6.42 Å². The number of carbonyl (C=O) groups excluding carboxylic acids is 1. The highest BCUT2D eigenvalue weighted by Crippen LogP contribution is 2.28. The first-order chi connectivity index (χ1) is 14.2. The van der Waals surface area contributed by atoms with E-state index in [1.54, 1.807) is 13.3 Å². The van der Waals surface area contributed by atoms with Gasteiger partial charge in [-0.3, -0.25) is 14.7 Å². The number of piperazine rings is 1. The van der Waals surface area contributed by atoms with Crippen LogP contribution >= 0.6 is 0 Å². The molecule has 0 saturated carbocycles. The molecule has 1 aromatic heterocycles. The lowest BCUT2D eigenvalue weighted by Gasteiger charge is -2.36. The van der Waals surface area contributed by atoms with Crippen molar-refractivity contribution in [1.29, 1.82) is 0 Å². The average molecular weight is 390 g/mol. The zero-order chi connectivity index (χ0) is 20.1. The molecule has 1 amide bonds. The van der Waals surface area contributed by atoms with Crippen molar-refractivity contribution in [2.45, 2.75) is 6.42 Å². The van der Waals surface area contributed by atoms with Crippen molar-refractivity contribution in [3.05, 3.63) is 60.8 Å². The van der Waals surface area contributed by atoms with Gasteiger partial charge in [-0.25, -0.2) is 0 Å². The molecule has 0 radical (unpaired) electrons. The Morgan fingerprint density at radius 1 is 1.03 bits per heavy atom.